The third-order valence-corrected chi connectivity index (χ3v) is 3.95. The summed E-state index contributed by atoms with van der Waals surface area (Å²) in [6.45, 7) is 10.4. The van der Waals surface area contributed by atoms with Crippen LogP contribution < -0.4 is 0 Å². The molecule has 0 aliphatic carbocycles. The molecule has 0 aromatic heterocycles. The van der Waals surface area contributed by atoms with Crippen molar-refractivity contribution in [3.8, 4) is 0 Å². The number of rotatable bonds is 12. The molecule has 0 saturated carbocycles. The van der Waals surface area contributed by atoms with E-state index in [2.05, 4.69) is 57.2 Å². The van der Waals surface area contributed by atoms with Crippen molar-refractivity contribution in [2.45, 2.75) is 60.3 Å². The molecule has 0 aromatic carbocycles. The number of carboxylic acid groups (broad SMARTS) is 1. The predicted octanol–water partition coefficient (Wildman–Crippen LogP) is 6.09. The van der Waals surface area contributed by atoms with Crippen molar-refractivity contribution >= 4 is 11.9 Å². The Morgan fingerprint density at radius 3 is 2.14 bits per heavy atom. The van der Waals surface area contributed by atoms with Crippen LogP contribution in [-0.2, 0) is 14.3 Å². The largest absolute Gasteiger partial charge is 0.481 e. The highest BCUT2D eigenvalue weighted by molar-refractivity contribution is 5.76. The standard InChI is InChI=1S/C24H34O4/c1-6-19(2)10-7-11-20(3)12-8-13-21(4)14-9-15-22(5)18-28-24(27)17-16-23(25)26/h6-8,10-13,15H,9,14,16-18H2,1-5H3,(H,25,26). The van der Waals surface area contributed by atoms with Crippen LogP contribution in [0.25, 0.3) is 0 Å². The third-order valence-electron chi connectivity index (χ3n) is 3.95. The van der Waals surface area contributed by atoms with E-state index >= 15 is 0 Å². The second-order valence-corrected chi connectivity index (χ2v) is 6.82. The summed E-state index contributed by atoms with van der Waals surface area (Å²) in [5, 5.41) is 8.53. The van der Waals surface area contributed by atoms with Crippen molar-refractivity contribution in [3.05, 3.63) is 70.9 Å². The molecule has 0 spiro atoms. The van der Waals surface area contributed by atoms with Gasteiger partial charge in [0.1, 0.15) is 6.61 Å². The molecule has 0 aromatic rings. The van der Waals surface area contributed by atoms with E-state index in [0.717, 1.165) is 18.4 Å². The molecule has 0 aliphatic heterocycles. The number of carbonyl (C=O) groups excluding carboxylic acids is 1. The molecule has 4 nitrogen and oxygen atoms in total. The van der Waals surface area contributed by atoms with Crippen molar-refractivity contribution in [3.63, 3.8) is 0 Å². The van der Waals surface area contributed by atoms with E-state index in [1.807, 2.05) is 26.0 Å². The Kier molecular flexibility index (Phi) is 14.0. The lowest BCUT2D eigenvalue weighted by Crippen LogP contribution is -2.08. The van der Waals surface area contributed by atoms with Gasteiger partial charge in [-0.25, -0.2) is 0 Å². The molecule has 0 heterocycles. The molecule has 0 fully saturated rings. The molecule has 1 N–H and O–H groups in total. The molecule has 4 heteroatoms. The van der Waals surface area contributed by atoms with E-state index in [1.165, 1.54) is 16.7 Å². The van der Waals surface area contributed by atoms with Gasteiger partial charge in [-0.2, -0.15) is 0 Å². The first-order valence-corrected chi connectivity index (χ1v) is 9.59. The first-order valence-electron chi connectivity index (χ1n) is 9.59. The van der Waals surface area contributed by atoms with E-state index < -0.39 is 11.9 Å². The van der Waals surface area contributed by atoms with Crippen LogP contribution in [0.4, 0.5) is 0 Å². The summed E-state index contributed by atoms with van der Waals surface area (Å²) in [4.78, 5) is 21.8. The minimum atomic E-state index is -0.994. The highest BCUT2D eigenvalue weighted by atomic mass is 16.5. The van der Waals surface area contributed by atoms with Gasteiger partial charge in [-0.05, 0) is 53.0 Å². The minimum absolute atomic E-state index is 0.0879. The van der Waals surface area contributed by atoms with Crippen molar-refractivity contribution in [1.29, 1.82) is 0 Å². The summed E-state index contributed by atoms with van der Waals surface area (Å²) < 4.78 is 5.05. The summed E-state index contributed by atoms with van der Waals surface area (Å²) in [7, 11) is 0. The lowest BCUT2D eigenvalue weighted by molar-refractivity contribution is -0.147. The van der Waals surface area contributed by atoms with Crippen LogP contribution >= 0.6 is 0 Å². The second-order valence-electron chi connectivity index (χ2n) is 6.82. The van der Waals surface area contributed by atoms with E-state index in [4.69, 9.17) is 9.84 Å². The number of aliphatic carboxylic acids is 1. The summed E-state index contributed by atoms with van der Waals surface area (Å²) >= 11 is 0. The highest BCUT2D eigenvalue weighted by Gasteiger charge is 2.06. The monoisotopic (exact) mass is 386 g/mol. The van der Waals surface area contributed by atoms with E-state index in [0.29, 0.717) is 0 Å². The lowest BCUT2D eigenvalue weighted by atomic mass is 10.1. The normalized spacial score (nSPS) is 14.2. The van der Waals surface area contributed by atoms with E-state index in [1.54, 1.807) is 0 Å². The fourth-order valence-electron chi connectivity index (χ4n) is 2.03. The van der Waals surface area contributed by atoms with Gasteiger partial charge in [-0.15, -0.1) is 0 Å². The van der Waals surface area contributed by atoms with Crippen LogP contribution in [0, 0.1) is 0 Å². The Morgan fingerprint density at radius 1 is 0.857 bits per heavy atom. The maximum Gasteiger partial charge on any atom is 0.306 e. The summed E-state index contributed by atoms with van der Waals surface area (Å²) in [6, 6.07) is 0. The molecular weight excluding hydrogens is 352 g/mol. The Labute approximate surface area is 169 Å². The van der Waals surface area contributed by atoms with Gasteiger partial charge in [-0.3, -0.25) is 9.59 Å². The Hall–Kier alpha value is -2.62. The van der Waals surface area contributed by atoms with Crippen LogP contribution in [0.3, 0.4) is 0 Å². The SMILES string of the molecule is CC=C(C)C=CC=C(C)C=CC=C(C)CCC=C(C)COC(=O)CCC(=O)O. The molecule has 154 valence electrons. The number of carbonyl (C=O) groups is 2. The average molecular weight is 387 g/mol. The number of hydrogen-bond donors (Lipinski definition) is 1. The topological polar surface area (TPSA) is 63.6 Å². The Morgan fingerprint density at radius 2 is 1.50 bits per heavy atom. The predicted molar refractivity (Wildman–Crippen MR) is 116 cm³/mol. The van der Waals surface area contributed by atoms with Crippen molar-refractivity contribution < 1.29 is 19.4 Å². The van der Waals surface area contributed by atoms with Crippen molar-refractivity contribution in [1.82, 2.24) is 0 Å². The number of ether oxygens (including phenoxy) is 1. The van der Waals surface area contributed by atoms with Gasteiger partial charge in [0.15, 0.2) is 0 Å². The van der Waals surface area contributed by atoms with Crippen molar-refractivity contribution in [2.24, 2.45) is 0 Å². The zero-order chi connectivity index (χ0) is 21.4. The number of carboxylic acids is 1. The van der Waals surface area contributed by atoms with Gasteiger partial charge in [0.25, 0.3) is 0 Å². The van der Waals surface area contributed by atoms with Gasteiger partial charge in [0, 0.05) is 0 Å². The van der Waals surface area contributed by atoms with E-state index in [9.17, 15) is 9.59 Å². The van der Waals surface area contributed by atoms with Crippen molar-refractivity contribution in [2.75, 3.05) is 6.61 Å². The molecule has 0 bridgehead atoms. The zero-order valence-electron chi connectivity index (χ0n) is 17.8. The first kappa shape index (κ1) is 25.4. The molecule has 0 unspecified atom stereocenters. The third kappa shape index (κ3) is 15.6. The first-order chi connectivity index (χ1) is 13.2. The Bertz CT molecular complexity index is 685. The van der Waals surface area contributed by atoms with E-state index in [-0.39, 0.29) is 19.4 Å². The van der Waals surface area contributed by atoms with Gasteiger partial charge in [-0.1, -0.05) is 65.3 Å². The molecule has 0 aliphatic rings. The quantitative estimate of drug-likeness (QED) is 0.250. The highest BCUT2D eigenvalue weighted by Crippen LogP contribution is 2.08. The van der Waals surface area contributed by atoms with Gasteiger partial charge >= 0.3 is 11.9 Å². The fourth-order valence-corrected chi connectivity index (χ4v) is 2.03. The lowest BCUT2D eigenvalue weighted by Gasteiger charge is -2.04. The van der Waals surface area contributed by atoms with Crippen LogP contribution in [0.5, 0.6) is 0 Å². The molecule has 0 saturated heterocycles. The van der Waals surface area contributed by atoms with Crippen LogP contribution in [0.15, 0.2) is 70.9 Å². The van der Waals surface area contributed by atoms with Crippen LogP contribution in [-0.4, -0.2) is 23.7 Å². The second kappa shape index (κ2) is 15.4. The summed E-state index contributed by atoms with van der Waals surface area (Å²) in [5.74, 6) is -1.47. The number of hydrogen-bond acceptors (Lipinski definition) is 3. The summed E-state index contributed by atoms with van der Waals surface area (Å²) in [5.41, 5.74) is 4.66. The maximum absolute atomic E-state index is 11.4. The Balaban J connectivity index is 4.27. The van der Waals surface area contributed by atoms with Gasteiger partial charge in [0.05, 0.1) is 12.8 Å². The maximum atomic E-state index is 11.4. The number of esters is 1. The average Bonchev–Trinajstić information content (AvgIpc) is 2.64. The molecule has 0 radical (unpaired) electrons. The van der Waals surface area contributed by atoms with Gasteiger partial charge < -0.3 is 9.84 Å². The summed E-state index contributed by atoms with van der Waals surface area (Å²) in [6.07, 6.45) is 18.1. The fraction of sp³-hybridized carbons (Fsp3) is 0.417. The van der Waals surface area contributed by atoms with Crippen LogP contribution in [0.1, 0.15) is 60.3 Å². The smallest absolute Gasteiger partial charge is 0.306 e. The molecule has 0 rings (SSSR count). The molecular formula is C24H34O4. The molecule has 28 heavy (non-hydrogen) atoms. The number of allylic oxidation sites excluding steroid dienone is 11. The zero-order valence-corrected chi connectivity index (χ0v) is 17.8. The molecule has 0 amide bonds. The molecule has 0 atom stereocenters. The van der Waals surface area contributed by atoms with Crippen LogP contribution in [0.2, 0.25) is 0 Å². The van der Waals surface area contributed by atoms with Gasteiger partial charge in [0.2, 0.25) is 0 Å². The minimum Gasteiger partial charge on any atom is -0.481 e.